The molecule has 0 radical (unpaired) electrons. The normalized spacial score (nSPS) is 11.7. The second kappa shape index (κ2) is 10.8. The summed E-state index contributed by atoms with van der Waals surface area (Å²) in [5.74, 6) is 0.992. The van der Waals surface area contributed by atoms with E-state index in [0.717, 1.165) is 11.3 Å². The number of carbonyl (C=O) groups excluding carboxylic acids is 2. The Labute approximate surface area is 166 Å². The van der Waals surface area contributed by atoms with Gasteiger partial charge in [-0.05, 0) is 31.9 Å². The van der Waals surface area contributed by atoms with Crippen LogP contribution >= 0.6 is 11.8 Å². The van der Waals surface area contributed by atoms with Crippen molar-refractivity contribution in [3.05, 3.63) is 71.3 Å². The zero-order chi connectivity index (χ0) is 19.6. The first kappa shape index (κ1) is 21.0. The van der Waals surface area contributed by atoms with Crippen LogP contribution in [0.5, 0.6) is 0 Å². The van der Waals surface area contributed by atoms with Crippen LogP contribution < -0.4 is 5.32 Å². The van der Waals surface area contributed by atoms with Crippen molar-refractivity contribution in [3.8, 4) is 0 Å². The minimum atomic E-state index is -0.504. The zero-order valence-electron chi connectivity index (χ0n) is 16.3. The Hall–Kier alpha value is -2.27. The first-order valence-electron chi connectivity index (χ1n) is 9.25. The van der Waals surface area contributed by atoms with Crippen LogP contribution in [-0.4, -0.2) is 35.1 Å². The minimum Gasteiger partial charge on any atom is -0.355 e. The molecule has 0 heterocycles. The molecule has 0 bridgehead atoms. The van der Waals surface area contributed by atoms with Crippen LogP contribution in [-0.2, 0) is 21.9 Å². The van der Waals surface area contributed by atoms with Crippen LogP contribution in [0.25, 0.3) is 0 Å². The summed E-state index contributed by atoms with van der Waals surface area (Å²) in [7, 11) is 0. The molecule has 1 atom stereocenters. The summed E-state index contributed by atoms with van der Waals surface area (Å²) in [6.45, 7) is 6.69. The van der Waals surface area contributed by atoms with Gasteiger partial charge in [0.1, 0.15) is 6.04 Å². The van der Waals surface area contributed by atoms with Crippen LogP contribution in [0.15, 0.2) is 54.6 Å². The Morgan fingerprint density at radius 3 is 2.33 bits per heavy atom. The molecule has 0 aliphatic rings. The molecule has 2 aromatic rings. The van der Waals surface area contributed by atoms with Crippen molar-refractivity contribution in [3.63, 3.8) is 0 Å². The molecule has 0 aliphatic carbocycles. The molecule has 27 heavy (non-hydrogen) atoms. The fraction of sp³-hybridized carbons (Fsp3) is 0.364. The number of hydrogen-bond donors (Lipinski definition) is 1. The SMILES string of the molecule is CCNC(=O)[C@H](C)N(Cc1ccc(C)cc1)C(=O)CSCc1ccccc1. The quantitative estimate of drug-likeness (QED) is 0.716. The predicted octanol–water partition coefficient (Wildman–Crippen LogP) is 3.78. The monoisotopic (exact) mass is 384 g/mol. The summed E-state index contributed by atoms with van der Waals surface area (Å²) in [5.41, 5.74) is 3.39. The Bertz CT molecular complexity index is 732. The molecule has 0 saturated heterocycles. The van der Waals surface area contributed by atoms with Gasteiger partial charge in [0.05, 0.1) is 5.75 Å². The van der Waals surface area contributed by atoms with Gasteiger partial charge in [0, 0.05) is 18.8 Å². The van der Waals surface area contributed by atoms with E-state index >= 15 is 0 Å². The summed E-state index contributed by atoms with van der Waals surface area (Å²) < 4.78 is 0. The molecule has 144 valence electrons. The van der Waals surface area contributed by atoms with Gasteiger partial charge in [-0.25, -0.2) is 0 Å². The lowest BCUT2D eigenvalue weighted by Gasteiger charge is -2.28. The van der Waals surface area contributed by atoms with Crippen LogP contribution in [0.3, 0.4) is 0 Å². The Balaban J connectivity index is 2.03. The third kappa shape index (κ3) is 6.75. The van der Waals surface area contributed by atoms with Gasteiger partial charge in [-0.15, -0.1) is 11.8 Å². The van der Waals surface area contributed by atoms with E-state index < -0.39 is 6.04 Å². The molecular formula is C22H28N2O2S. The van der Waals surface area contributed by atoms with Gasteiger partial charge < -0.3 is 10.2 Å². The molecule has 5 heteroatoms. The highest BCUT2D eigenvalue weighted by Gasteiger charge is 2.25. The van der Waals surface area contributed by atoms with Gasteiger partial charge in [-0.3, -0.25) is 9.59 Å². The number of thioether (sulfide) groups is 1. The van der Waals surface area contributed by atoms with Crippen molar-refractivity contribution in [2.24, 2.45) is 0 Å². The van der Waals surface area contributed by atoms with E-state index in [1.165, 1.54) is 11.1 Å². The number of aryl methyl sites for hydroxylation is 1. The maximum absolute atomic E-state index is 12.9. The number of nitrogens with one attached hydrogen (secondary N) is 1. The number of amides is 2. The van der Waals surface area contributed by atoms with E-state index in [0.29, 0.717) is 18.8 Å². The van der Waals surface area contributed by atoms with Gasteiger partial charge >= 0.3 is 0 Å². The average molecular weight is 385 g/mol. The van der Waals surface area contributed by atoms with Gasteiger partial charge in [0.25, 0.3) is 0 Å². The second-order valence-electron chi connectivity index (χ2n) is 6.56. The third-order valence-corrected chi connectivity index (χ3v) is 5.32. The minimum absolute atomic E-state index is 0.0183. The van der Waals surface area contributed by atoms with Gasteiger partial charge in [-0.1, -0.05) is 60.2 Å². The Morgan fingerprint density at radius 2 is 1.70 bits per heavy atom. The standard InChI is InChI=1S/C22H28N2O2S/c1-4-23-22(26)18(3)24(14-19-12-10-17(2)11-13-19)21(25)16-27-15-20-8-6-5-7-9-20/h5-13,18H,4,14-16H2,1-3H3,(H,23,26)/t18-/m0/s1. The van der Waals surface area contributed by atoms with Crippen molar-refractivity contribution in [1.82, 2.24) is 10.2 Å². The topological polar surface area (TPSA) is 49.4 Å². The fourth-order valence-corrected chi connectivity index (χ4v) is 3.58. The molecule has 0 saturated carbocycles. The number of benzene rings is 2. The van der Waals surface area contributed by atoms with Gasteiger partial charge in [0.15, 0.2) is 0 Å². The molecule has 0 aliphatic heterocycles. The number of rotatable bonds is 9. The first-order valence-corrected chi connectivity index (χ1v) is 10.4. The van der Waals surface area contributed by atoms with E-state index in [1.807, 2.05) is 56.3 Å². The lowest BCUT2D eigenvalue weighted by molar-refractivity contribution is -0.138. The van der Waals surface area contributed by atoms with Crippen LogP contribution in [0.1, 0.15) is 30.5 Å². The smallest absolute Gasteiger partial charge is 0.242 e. The van der Waals surface area contributed by atoms with Crippen molar-refractivity contribution < 1.29 is 9.59 Å². The molecular weight excluding hydrogens is 356 g/mol. The van der Waals surface area contributed by atoms with Gasteiger partial charge in [-0.2, -0.15) is 0 Å². The first-order chi connectivity index (χ1) is 13.0. The van der Waals surface area contributed by atoms with Crippen LogP contribution in [0.4, 0.5) is 0 Å². The van der Waals surface area contributed by atoms with E-state index in [1.54, 1.807) is 23.6 Å². The summed E-state index contributed by atoms with van der Waals surface area (Å²) in [4.78, 5) is 26.9. The summed E-state index contributed by atoms with van der Waals surface area (Å²) in [6.07, 6.45) is 0. The van der Waals surface area contributed by atoms with Crippen molar-refractivity contribution in [2.45, 2.75) is 39.1 Å². The molecule has 0 fully saturated rings. The van der Waals surface area contributed by atoms with Gasteiger partial charge in [0.2, 0.25) is 11.8 Å². The maximum atomic E-state index is 12.9. The lowest BCUT2D eigenvalue weighted by Crippen LogP contribution is -2.48. The van der Waals surface area contributed by atoms with E-state index in [-0.39, 0.29) is 11.8 Å². The fourth-order valence-electron chi connectivity index (χ4n) is 2.71. The number of nitrogens with zero attached hydrogens (tertiary/aromatic N) is 1. The van der Waals surface area contributed by atoms with Crippen molar-refractivity contribution in [2.75, 3.05) is 12.3 Å². The Morgan fingerprint density at radius 1 is 1.04 bits per heavy atom. The predicted molar refractivity (Wildman–Crippen MR) is 112 cm³/mol. The highest BCUT2D eigenvalue weighted by molar-refractivity contribution is 7.99. The number of hydrogen-bond acceptors (Lipinski definition) is 3. The largest absolute Gasteiger partial charge is 0.355 e. The molecule has 0 spiro atoms. The average Bonchev–Trinajstić information content (AvgIpc) is 2.68. The molecule has 1 N–H and O–H groups in total. The molecule has 4 nitrogen and oxygen atoms in total. The van der Waals surface area contributed by atoms with Crippen molar-refractivity contribution >= 4 is 23.6 Å². The second-order valence-corrected chi connectivity index (χ2v) is 7.54. The highest BCUT2D eigenvalue weighted by Crippen LogP contribution is 2.16. The zero-order valence-corrected chi connectivity index (χ0v) is 17.1. The third-order valence-electron chi connectivity index (χ3n) is 4.33. The molecule has 2 aromatic carbocycles. The van der Waals surface area contributed by atoms with Crippen LogP contribution in [0.2, 0.25) is 0 Å². The summed E-state index contributed by atoms with van der Waals surface area (Å²) in [5, 5.41) is 2.82. The van der Waals surface area contributed by atoms with Crippen LogP contribution in [0, 0.1) is 6.92 Å². The van der Waals surface area contributed by atoms with E-state index in [2.05, 4.69) is 17.4 Å². The van der Waals surface area contributed by atoms with Crippen molar-refractivity contribution in [1.29, 1.82) is 0 Å². The molecule has 0 aromatic heterocycles. The highest BCUT2D eigenvalue weighted by atomic mass is 32.2. The molecule has 2 rings (SSSR count). The number of likely N-dealkylation sites (N-methyl/N-ethyl adjacent to an activating group) is 1. The van der Waals surface area contributed by atoms with E-state index in [9.17, 15) is 9.59 Å². The lowest BCUT2D eigenvalue weighted by atomic mass is 10.1. The van der Waals surface area contributed by atoms with E-state index in [4.69, 9.17) is 0 Å². The number of carbonyl (C=O) groups is 2. The Kier molecular flexibility index (Phi) is 8.40. The maximum Gasteiger partial charge on any atom is 0.242 e. The summed E-state index contributed by atoms with van der Waals surface area (Å²) >= 11 is 1.58. The summed E-state index contributed by atoms with van der Waals surface area (Å²) in [6, 6.07) is 17.7. The molecule has 2 amide bonds. The molecule has 0 unspecified atom stereocenters.